The van der Waals surface area contributed by atoms with E-state index in [4.69, 9.17) is 19.5 Å². The summed E-state index contributed by atoms with van der Waals surface area (Å²) in [7, 11) is 1.58. The fourth-order valence-electron chi connectivity index (χ4n) is 3.32. The minimum Gasteiger partial charge on any atom is -0.370 e. The Labute approximate surface area is 163 Å². The van der Waals surface area contributed by atoms with Crippen LogP contribution in [0.2, 0.25) is 0 Å². The molecule has 1 unspecified atom stereocenters. The second-order valence-electron chi connectivity index (χ2n) is 7.53. The summed E-state index contributed by atoms with van der Waals surface area (Å²) >= 11 is 0. The monoisotopic (exact) mass is 384 g/mol. The highest BCUT2D eigenvalue weighted by molar-refractivity contribution is 5.78. The zero-order valence-electron chi connectivity index (χ0n) is 17.6. The Morgan fingerprint density at radius 1 is 1.30 bits per heavy atom. The van der Waals surface area contributed by atoms with E-state index in [2.05, 4.69) is 50.9 Å². The number of carbonyl (C=O) groups is 1. The van der Waals surface area contributed by atoms with Crippen molar-refractivity contribution in [2.24, 2.45) is 5.92 Å². The van der Waals surface area contributed by atoms with E-state index >= 15 is 0 Å². The molecular formula is C19H36N4O4. The minimum atomic E-state index is -0.535. The highest BCUT2D eigenvalue weighted by Gasteiger charge is 2.37. The number of rotatable bonds is 12. The first-order chi connectivity index (χ1) is 12.8. The van der Waals surface area contributed by atoms with Crippen LogP contribution < -0.4 is 5.32 Å². The van der Waals surface area contributed by atoms with Crippen LogP contribution in [0.4, 0.5) is 0 Å². The second kappa shape index (κ2) is 12.3. The number of nitriles is 1. The number of ether oxygens (including phenoxy) is 3. The van der Waals surface area contributed by atoms with Gasteiger partial charge in [0.05, 0.1) is 38.5 Å². The molecule has 3 atom stereocenters. The molecule has 156 valence electrons. The second-order valence-corrected chi connectivity index (χ2v) is 7.53. The Hall–Kier alpha value is -1.24. The number of nitrogens with one attached hydrogen (secondary N) is 1. The Morgan fingerprint density at radius 2 is 1.96 bits per heavy atom. The number of hydrogen-bond donors (Lipinski definition) is 1. The molecule has 0 aromatic carbocycles. The number of hydrogen-bond acceptors (Lipinski definition) is 7. The average Bonchev–Trinajstić information content (AvgIpc) is 2.95. The fraction of sp³-hybridized carbons (Fsp3) is 0.895. The van der Waals surface area contributed by atoms with Gasteiger partial charge in [0, 0.05) is 38.2 Å². The predicted molar refractivity (Wildman–Crippen MR) is 103 cm³/mol. The molecule has 27 heavy (non-hydrogen) atoms. The van der Waals surface area contributed by atoms with Gasteiger partial charge in [0.1, 0.15) is 0 Å². The summed E-state index contributed by atoms with van der Waals surface area (Å²) in [5, 5.41) is 11.8. The third-order valence-electron chi connectivity index (χ3n) is 4.62. The van der Waals surface area contributed by atoms with Crippen LogP contribution in [0.25, 0.3) is 0 Å². The van der Waals surface area contributed by atoms with Crippen molar-refractivity contribution in [3.05, 3.63) is 0 Å². The van der Waals surface area contributed by atoms with Crippen molar-refractivity contribution in [3.8, 4) is 6.07 Å². The van der Waals surface area contributed by atoms with Gasteiger partial charge in [-0.15, -0.1) is 0 Å². The fourth-order valence-corrected chi connectivity index (χ4v) is 3.32. The Balaban J connectivity index is 2.73. The first kappa shape index (κ1) is 23.8. The molecule has 0 saturated carbocycles. The van der Waals surface area contributed by atoms with Gasteiger partial charge in [-0.25, -0.2) is 0 Å². The summed E-state index contributed by atoms with van der Waals surface area (Å²) in [6, 6.07) is 2.55. The lowest BCUT2D eigenvalue weighted by atomic mass is 10.1. The first-order valence-corrected chi connectivity index (χ1v) is 9.70. The number of methoxy groups -OCH3 is 1. The van der Waals surface area contributed by atoms with E-state index in [9.17, 15) is 4.79 Å². The number of nitrogens with zero attached hydrogens (tertiary/aromatic N) is 3. The molecule has 0 bridgehead atoms. The molecular weight excluding hydrogens is 348 g/mol. The molecule has 1 fully saturated rings. The summed E-state index contributed by atoms with van der Waals surface area (Å²) < 4.78 is 17.1. The third-order valence-corrected chi connectivity index (χ3v) is 4.62. The van der Waals surface area contributed by atoms with Gasteiger partial charge in [-0.2, -0.15) is 5.26 Å². The smallest absolute Gasteiger partial charge is 0.236 e. The molecule has 8 nitrogen and oxygen atoms in total. The molecule has 1 heterocycles. The van der Waals surface area contributed by atoms with E-state index in [-0.39, 0.29) is 36.6 Å². The highest BCUT2D eigenvalue weighted by atomic mass is 16.7. The molecule has 1 amide bonds. The lowest BCUT2D eigenvalue weighted by Crippen LogP contribution is -2.50. The maximum absolute atomic E-state index is 12.3. The topological polar surface area (TPSA) is 87.1 Å². The average molecular weight is 385 g/mol. The van der Waals surface area contributed by atoms with Crippen LogP contribution in [0.5, 0.6) is 0 Å². The van der Waals surface area contributed by atoms with Gasteiger partial charge < -0.3 is 19.1 Å². The standard InChI is InChI=1S/C19H36N4O4/c1-14(2)23(15(3)4)19(26-9-7-8-20)27-17-12-22(11-16(17)5)18(24)10-21-13-25-6/h14-17,19,21H,7,9-13H2,1-6H3/t16-,17+,19?/m1/s1. The van der Waals surface area contributed by atoms with Gasteiger partial charge in [-0.3, -0.25) is 15.0 Å². The third kappa shape index (κ3) is 7.72. The predicted octanol–water partition coefficient (Wildman–Crippen LogP) is 1.38. The molecule has 0 aromatic rings. The SMILES string of the molecule is COCNCC(=O)N1C[C@@H](C)[C@@H](OC(OCCC#N)N(C(C)C)C(C)C)C1. The molecule has 1 N–H and O–H groups in total. The van der Waals surface area contributed by atoms with Crippen LogP contribution in [0, 0.1) is 17.2 Å². The number of carbonyl (C=O) groups excluding carboxylic acids is 1. The van der Waals surface area contributed by atoms with Crippen molar-refractivity contribution in [3.63, 3.8) is 0 Å². The molecule has 8 heteroatoms. The lowest BCUT2D eigenvalue weighted by Gasteiger charge is -2.38. The molecule has 1 aliphatic heterocycles. The molecule has 1 aliphatic rings. The van der Waals surface area contributed by atoms with E-state index in [0.717, 1.165) is 0 Å². The van der Waals surface area contributed by atoms with Gasteiger partial charge in [-0.05, 0) is 27.7 Å². The normalized spacial score (nSPS) is 21.3. The summed E-state index contributed by atoms with van der Waals surface area (Å²) in [5.41, 5.74) is 0. The van der Waals surface area contributed by atoms with E-state index < -0.39 is 6.41 Å². The maximum Gasteiger partial charge on any atom is 0.236 e. The highest BCUT2D eigenvalue weighted by Crippen LogP contribution is 2.24. The van der Waals surface area contributed by atoms with Crippen molar-refractivity contribution >= 4 is 5.91 Å². The van der Waals surface area contributed by atoms with Crippen LogP contribution in [-0.2, 0) is 19.0 Å². The molecule has 1 saturated heterocycles. The molecule has 0 radical (unpaired) electrons. The zero-order chi connectivity index (χ0) is 20.4. The van der Waals surface area contributed by atoms with Crippen molar-refractivity contribution in [1.82, 2.24) is 15.1 Å². The van der Waals surface area contributed by atoms with E-state index in [0.29, 0.717) is 32.8 Å². The van der Waals surface area contributed by atoms with Gasteiger partial charge in [0.2, 0.25) is 12.3 Å². The van der Waals surface area contributed by atoms with Crippen molar-refractivity contribution in [2.75, 3.05) is 40.1 Å². The van der Waals surface area contributed by atoms with E-state index in [1.807, 2.05) is 4.90 Å². The number of likely N-dealkylation sites (tertiary alicyclic amines) is 1. The summed E-state index contributed by atoms with van der Waals surface area (Å²) in [4.78, 5) is 16.3. The molecule has 0 aliphatic carbocycles. The van der Waals surface area contributed by atoms with Crippen molar-refractivity contribution < 1.29 is 19.0 Å². The van der Waals surface area contributed by atoms with E-state index in [1.54, 1.807) is 7.11 Å². The summed E-state index contributed by atoms with van der Waals surface area (Å²) in [6.07, 6.45) is -0.323. The Bertz CT molecular complexity index is 473. The van der Waals surface area contributed by atoms with Gasteiger partial charge >= 0.3 is 0 Å². The van der Waals surface area contributed by atoms with Crippen LogP contribution in [0.1, 0.15) is 41.0 Å². The van der Waals surface area contributed by atoms with Crippen LogP contribution in [0.15, 0.2) is 0 Å². The Morgan fingerprint density at radius 3 is 2.52 bits per heavy atom. The van der Waals surface area contributed by atoms with Gasteiger partial charge in [-0.1, -0.05) is 6.92 Å². The quantitative estimate of drug-likeness (QED) is 0.402. The summed E-state index contributed by atoms with van der Waals surface area (Å²) in [6.45, 7) is 12.6. The van der Waals surface area contributed by atoms with Crippen LogP contribution in [-0.4, -0.2) is 80.4 Å². The van der Waals surface area contributed by atoms with Gasteiger partial charge in [0.25, 0.3) is 0 Å². The largest absolute Gasteiger partial charge is 0.370 e. The Kier molecular flexibility index (Phi) is 10.8. The van der Waals surface area contributed by atoms with Crippen molar-refractivity contribution in [2.45, 2.75) is 65.6 Å². The molecule has 0 aromatic heterocycles. The van der Waals surface area contributed by atoms with Gasteiger partial charge in [0.15, 0.2) is 0 Å². The van der Waals surface area contributed by atoms with E-state index in [1.165, 1.54) is 0 Å². The van der Waals surface area contributed by atoms with Crippen LogP contribution in [0.3, 0.4) is 0 Å². The van der Waals surface area contributed by atoms with Crippen molar-refractivity contribution in [1.29, 1.82) is 5.26 Å². The summed E-state index contributed by atoms with van der Waals surface area (Å²) in [5.74, 6) is 0.246. The van der Waals surface area contributed by atoms with Crippen LogP contribution >= 0.6 is 0 Å². The molecule has 1 rings (SSSR count). The lowest BCUT2D eigenvalue weighted by molar-refractivity contribution is -0.261. The zero-order valence-corrected chi connectivity index (χ0v) is 17.6. The first-order valence-electron chi connectivity index (χ1n) is 9.70. The maximum atomic E-state index is 12.3. The molecule has 0 spiro atoms. The minimum absolute atomic E-state index is 0.0384. The number of amides is 1.